The van der Waals surface area contributed by atoms with Crippen LogP contribution in [0.25, 0.3) is 17.1 Å². The number of amides is 1. The lowest BCUT2D eigenvalue weighted by atomic mass is 10.2. The number of hydrogen-bond acceptors (Lipinski definition) is 8. The number of aromatic nitrogens is 3. The average Bonchev–Trinajstić information content (AvgIpc) is 3.36. The molecule has 0 fully saturated rings. The average molecular weight is 582 g/mol. The fourth-order valence-electron chi connectivity index (χ4n) is 3.45. The van der Waals surface area contributed by atoms with Crippen LogP contribution in [0, 0.1) is 0 Å². The summed E-state index contributed by atoms with van der Waals surface area (Å²) in [6, 6.07) is 21.0. The Kier molecular flexibility index (Phi) is 8.81. The third-order valence-corrected chi connectivity index (χ3v) is 6.67. The molecular formula is C26H24BrN5O4S. The van der Waals surface area contributed by atoms with Crippen LogP contribution in [0.3, 0.4) is 0 Å². The van der Waals surface area contributed by atoms with Crippen molar-refractivity contribution in [3.8, 4) is 34.3 Å². The number of methoxy groups -OCH3 is 3. The van der Waals surface area contributed by atoms with Crippen LogP contribution in [0.4, 0.5) is 0 Å². The van der Waals surface area contributed by atoms with E-state index in [2.05, 4.69) is 36.7 Å². The zero-order valence-electron chi connectivity index (χ0n) is 20.3. The number of ether oxygens (including phenoxy) is 3. The van der Waals surface area contributed by atoms with Crippen molar-refractivity contribution >= 4 is 39.8 Å². The van der Waals surface area contributed by atoms with Gasteiger partial charge in [-0.1, -0.05) is 58.0 Å². The van der Waals surface area contributed by atoms with Crippen LogP contribution in [0.2, 0.25) is 0 Å². The van der Waals surface area contributed by atoms with E-state index in [4.69, 9.17) is 14.2 Å². The van der Waals surface area contributed by atoms with Crippen LogP contribution >= 0.6 is 27.7 Å². The summed E-state index contributed by atoms with van der Waals surface area (Å²) in [7, 11) is 4.63. The molecule has 1 amide bonds. The van der Waals surface area contributed by atoms with Gasteiger partial charge in [0.05, 0.1) is 33.3 Å². The van der Waals surface area contributed by atoms with Gasteiger partial charge in [-0.3, -0.25) is 9.36 Å². The Labute approximate surface area is 227 Å². The molecule has 190 valence electrons. The number of nitrogens with one attached hydrogen (secondary N) is 1. The molecule has 0 aliphatic heterocycles. The molecule has 0 unspecified atom stereocenters. The zero-order chi connectivity index (χ0) is 26.2. The summed E-state index contributed by atoms with van der Waals surface area (Å²) in [4.78, 5) is 12.6. The molecule has 0 aliphatic rings. The van der Waals surface area contributed by atoms with Gasteiger partial charge in [0.1, 0.15) is 5.75 Å². The Morgan fingerprint density at radius 2 is 1.65 bits per heavy atom. The standard InChI is InChI=1S/C26H24BrN5O4S/c1-34-21-14-23(36-3)22(35-2)13-18(21)15-28-29-24(33)16-37-26-31-30-25(17-7-5-4-6-8-17)32(26)20-11-9-19(27)10-12-20/h4-15H,16H2,1-3H3,(H,29,33). The fourth-order valence-corrected chi connectivity index (χ4v) is 4.46. The Hall–Kier alpha value is -3.83. The molecule has 3 aromatic carbocycles. The lowest BCUT2D eigenvalue weighted by molar-refractivity contribution is -0.118. The van der Waals surface area contributed by atoms with E-state index in [-0.39, 0.29) is 11.7 Å². The SMILES string of the molecule is COc1cc(OC)c(OC)cc1C=NNC(=O)CSc1nnc(-c2ccccc2)n1-c1ccc(Br)cc1. The third-order valence-electron chi connectivity index (χ3n) is 5.21. The molecule has 0 radical (unpaired) electrons. The maximum Gasteiger partial charge on any atom is 0.250 e. The Morgan fingerprint density at radius 3 is 2.32 bits per heavy atom. The monoisotopic (exact) mass is 581 g/mol. The molecule has 1 N–H and O–H groups in total. The van der Waals surface area contributed by atoms with E-state index >= 15 is 0 Å². The van der Waals surface area contributed by atoms with Crippen LogP contribution < -0.4 is 19.6 Å². The quantitative estimate of drug-likeness (QED) is 0.160. The Balaban J connectivity index is 1.49. The minimum Gasteiger partial charge on any atom is -0.496 e. The summed E-state index contributed by atoms with van der Waals surface area (Å²) in [5, 5.41) is 13.4. The summed E-state index contributed by atoms with van der Waals surface area (Å²) in [5.74, 6) is 2.05. The maximum atomic E-state index is 12.6. The molecule has 1 heterocycles. The number of halogens is 1. The van der Waals surface area contributed by atoms with Gasteiger partial charge in [0, 0.05) is 27.4 Å². The van der Waals surface area contributed by atoms with Crippen molar-refractivity contribution in [1.29, 1.82) is 0 Å². The first-order valence-corrected chi connectivity index (χ1v) is 12.8. The van der Waals surface area contributed by atoms with Gasteiger partial charge in [-0.05, 0) is 30.3 Å². The second kappa shape index (κ2) is 12.4. The van der Waals surface area contributed by atoms with Crippen LogP contribution in [0.15, 0.2) is 81.5 Å². The highest BCUT2D eigenvalue weighted by atomic mass is 79.9. The largest absolute Gasteiger partial charge is 0.496 e. The van der Waals surface area contributed by atoms with Crippen molar-refractivity contribution in [2.24, 2.45) is 5.10 Å². The summed E-state index contributed by atoms with van der Waals surface area (Å²) < 4.78 is 18.9. The number of rotatable bonds is 10. The number of hydrogen-bond donors (Lipinski definition) is 1. The molecule has 1 aromatic heterocycles. The van der Waals surface area contributed by atoms with Crippen LogP contribution in [-0.2, 0) is 4.79 Å². The second-order valence-electron chi connectivity index (χ2n) is 7.52. The number of nitrogens with zero attached hydrogens (tertiary/aromatic N) is 4. The van der Waals surface area contributed by atoms with E-state index in [0.29, 0.717) is 33.8 Å². The minimum absolute atomic E-state index is 0.0872. The van der Waals surface area contributed by atoms with Crippen LogP contribution in [-0.4, -0.2) is 54.0 Å². The predicted octanol–water partition coefficient (Wildman–Crippen LogP) is 4.97. The van der Waals surface area contributed by atoms with Gasteiger partial charge >= 0.3 is 0 Å². The second-order valence-corrected chi connectivity index (χ2v) is 9.37. The van der Waals surface area contributed by atoms with E-state index in [1.165, 1.54) is 18.0 Å². The van der Waals surface area contributed by atoms with Crippen molar-refractivity contribution in [2.45, 2.75) is 5.16 Å². The maximum absolute atomic E-state index is 12.6. The van der Waals surface area contributed by atoms with Gasteiger partial charge in [-0.2, -0.15) is 5.10 Å². The minimum atomic E-state index is -0.299. The number of hydrazone groups is 1. The number of benzene rings is 3. The summed E-state index contributed by atoms with van der Waals surface area (Å²) in [6.07, 6.45) is 1.49. The van der Waals surface area contributed by atoms with Gasteiger partial charge in [0.25, 0.3) is 5.91 Å². The molecule has 0 spiro atoms. The highest BCUT2D eigenvalue weighted by Gasteiger charge is 2.17. The van der Waals surface area contributed by atoms with E-state index in [9.17, 15) is 4.79 Å². The predicted molar refractivity (Wildman–Crippen MR) is 147 cm³/mol. The highest BCUT2D eigenvalue weighted by molar-refractivity contribution is 9.10. The van der Waals surface area contributed by atoms with Crippen LogP contribution in [0.1, 0.15) is 5.56 Å². The molecule has 0 aliphatic carbocycles. The molecule has 11 heteroatoms. The summed E-state index contributed by atoms with van der Waals surface area (Å²) in [5.41, 5.74) is 4.97. The van der Waals surface area contributed by atoms with Crippen molar-refractivity contribution in [3.05, 3.63) is 76.8 Å². The molecule has 4 aromatic rings. The fraction of sp³-hybridized carbons (Fsp3) is 0.154. The molecule has 0 atom stereocenters. The van der Waals surface area contributed by atoms with Crippen molar-refractivity contribution in [3.63, 3.8) is 0 Å². The van der Waals surface area contributed by atoms with E-state index in [1.54, 1.807) is 33.5 Å². The molecule has 37 heavy (non-hydrogen) atoms. The topological polar surface area (TPSA) is 99.9 Å². The summed E-state index contributed by atoms with van der Waals surface area (Å²) >= 11 is 4.74. The molecule has 0 saturated carbocycles. The first-order chi connectivity index (χ1) is 18.0. The molecule has 0 bridgehead atoms. The van der Waals surface area contributed by atoms with Gasteiger partial charge in [-0.15, -0.1) is 10.2 Å². The molecular weight excluding hydrogens is 558 g/mol. The molecule has 9 nitrogen and oxygen atoms in total. The Bertz CT molecular complexity index is 1390. The van der Waals surface area contributed by atoms with Gasteiger partial charge in [-0.25, -0.2) is 5.43 Å². The van der Waals surface area contributed by atoms with Crippen molar-refractivity contribution in [1.82, 2.24) is 20.2 Å². The first kappa shape index (κ1) is 26.2. The van der Waals surface area contributed by atoms with E-state index < -0.39 is 0 Å². The van der Waals surface area contributed by atoms with Gasteiger partial charge in [0.15, 0.2) is 22.5 Å². The van der Waals surface area contributed by atoms with Gasteiger partial charge in [0.2, 0.25) is 0 Å². The van der Waals surface area contributed by atoms with Gasteiger partial charge < -0.3 is 14.2 Å². The lowest BCUT2D eigenvalue weighted by Crippen LogP contribution is -2.20. The number of carbonyl (C=O) groups excluding carboxylic acids is 1. The number of carbonyl (C=O) groups is 1. The lowest BCUT2D eigenvalue weighted by Gasteiger charge is -2.11. The molecule has 4 rings (SSSR count). The van der Waals surface area contributed by atoms with Crippen molar-refractivity contribution < 1.29 is 19.0 Å². The summed E-state index contributed by atoms with van der Waals surface area (Å²) in [6.45, 7) is 0. The third kappa shape index (κ3) is 6.30. The highest BCUT2D eigenvalue weighted by Crippen LogP contribution is 2.34. The van der Waals surface area contributed by atoms with Crippen LogP contribution in [0.5, 0.6) is 17.2 Å². The Morgan fingerprint density at radius 1 is 0.973 bits per heavy atom. The van der Waals surface area contributed by atoms with Crippen molar-refractivity contribution in [2.75, 3.05) is 27.1 Å². The smallest absolute Gasteiger partial charge is 0.250 e. The zero-order valence-corrected chi connectivity index (χ0v) is 22.7. The first-order valence-electron chi connectivity index (χ1n) is 11.1. The van der Waals surface area contributed by atoms with E-state index in [1.807, 2.05) is 59.2 Å². The van der Waals surface area contributed by atoms with E-state index in [0.717, 1.165) is 15.7 Å². The number of thioether (sulfide) groups is 1. The normalized spacial score (nSPS) is 10.9. The molecule has 0 saturated heterocycles.